The third-order valence-electron chi connectivity index (χ3n) is 0.681. The van der Waals surface area contributed by atoms with Crippen molar-refractivity contribution in [3.05, 3.63) is 0 Å². The Hall–Kier alpha value is -0.660. The Kier molecular flexibility index (Phi) is 3.93. The van der Waals surface area contributed by atoms with Gasteiger partial charge in [0.15, 0.2) is 0 Å². The van der Waals surface area contributed by atoms with E-state index in [1.807, 2.05) is 27.7 Å². The predicted octanol–water partition coefficient (Wildman–Crippen LogP) is 1.90. The van der Waals surface area contributed by atoms with Crippen molar-refractivity contribution in [2.24, 2.45) is 9.98 Å². The Morgan fingerprint density at radius 2 is 1.89 bits per heavy atom. The summed E-state index contributed by atoms with van der Waals surface area (Å²) >= 11 is 0. The van der Waals surface area contributed by atoms with Gasteiger partial charge in [-0.2, -0.15) is 0 Å². The average Bonchev–Trinajstić information content (AvgIpc) is 1.63. The lowest BCUT2D eigenvalue weighted by atomic mass is 10.4. The maximum absolute atomic E-state index is 4.05. The number of rotatable bonds is 2. The summed E-state index contributed by atoms with van der Waals surface area (Å²) < 4.78 is 0. The van der Waals surface area contributed by atoms with Gasteiger partial charge in [0.2, 0.25) is 0 Å². The van der Waals surface area contributed by atoms with E-state index in [1.54, 1.807) is 6.34 Å². The first-order valence-electron chi connectivity index (χ1n) is 3.15. The van der Waals surface area contributed by atoms with Gasteiger partial charge in [-0.25, -0.2) is 4.99 Å². The van der Waals surface area contributed by atoms with Crippen LogP contribution in [0.25, 0.3) is 0 Å². The van der Waals surface area contributed by atoms with Crippen LogP contribution in [0.5, 0.6) is 0 Å². The van der Waals surface area contributed by atoms with Crippen LogP contribution in [0, 0.1) is 0 Å². The summed E-state index contributed by atoms with van der Waals surface area (Å²) in [6.07, 6.45) is 1.61. The molecule has 0 rings (SSSR count). The van der Waals surface area contributed by atoms with E-state index < -0.39 is 0 Å². The maximum Gasteiger partial charge on any atom is 0.110 e. The maximum atomic E-state index is 4.05. The second-order valence-electron chi connectivity index (χ2n) is 2.43. The predicted molar refractivity (Wildman–Crippen MR) is 42.4 cm³/mol. The zero-order valence-electron chi connectivity index (χ0n) is 6.55. The van der Waals surface area contributed by atoms with Crippen molar-refractivity contribution in [3.63, 3.8) is 0 Å². The highest BCUT2D eigenvalue weighted by atomic mass is 14.9. The number of hydrogen-bond donors (Lipinski definition) is 0. The molecule has 0 saturated heterocycles. The summed E-state index contributed by atoms with van der Waals surface area (Å²) in [6.45, 7) is 7.95. The molecule has 0 atom stereocenters. The number of aliphatic imine (C=N–C) groups is 2. The summed E-state index contributed by atoms with van der Waals surface area (Å²) in [5, 5.41) is 0. The Morgan fingerprint density at radius 3 is 2.22 bits per heavy atom. The minimum atomic E-state index is 0.355. The van der Waals surface area contributed by atoms with Gasteiger partial charge in [0, 0.05) is 11.8 Å². The summed E-state index contributed by atoms with van der Waals surface area (Å²) in [5.41, 5.74) is 1.04. The van der Waals surface area contributed by atoms with E-state index in [-0.39, 0.29) is 0 Å². The van der Waals surface area contributed by atoms with Crippen molar-refractivity contribution in [1.82, 2.24) is 0 Å². The van der Waals surface area contributed by atoms with E-state index in [0.717, 1.165) is 5.71 Å². The van der Waals surface area contributed by atoms with Gasteiger partial charge >= 0.3 is 0 Å². The Bertz CT molecular complexity index is 119. The van der Waals surface area contributed by atoms with Gasteiger partial charge in [0.25, 0.3) is 0 Å². The quantitative estimate of drug-likeness (QED) is 0.399. The van der Waals surface area contributed by atoms with Crippen LogP contribution >= 0.6 is 0 Å². The molecule has 0 N–H and O–H groups in total. The molecule has 0 aromatic carbocycles. The number of nitrogens with zero attached hydrogens (tertiary/aromatic N) is 2. The molecule has 0 aliphatic carbocycles. The van der Waals surface area contributed by atoms with Crippen molar-refractivity contribution in [2.75, 3.05) is 0 Å². The molecule has 2 heteroatoms. The highest BCUT2D eigenvalue weighted by Gasteiger charge is 1.80. The molecule has 0 saturated carbocycles. The minimum Gasteiger partial charge on any atom is -0.271 e. The molecule has 0 aromatic heterocycles. The highest BCUT2D eigenvalue weighted by molar-refractivity contribution is 5.86. The molecular weight excluding hydrogens is 112 g/mol. The summed E-state index contributed by atoms with van der Waals surface area (Å²) in [5.74, 6) is 0. The monoisotopic (exact) mass is 126 g/mol. The van der Waals surface area contributed by atoms with Crippen LogP contribution in [0.3, 0.4) is 0 Å². The highest BCUT2D eigenvalue weighted by Crippen LogP contribution is 1.82. The van der Waals surface area contributed by atoms with Gasteiger partial charge in [0.1, 0.15) is 6.34 Å². The van der Waals surface area contributed by atoms with Gasteiger partial charge in [-0.15, -0.1) is 0 Å². The largest absolute Gasteiger partial charge is 0.271 e. The zero-order valence-corrected chi connectivity index (χ0v) is 6.55. The van der Waals surface area contributed by atoms with Crippen LogP contribution in [-0.4, -0.2) is 18.1 Å². The smallest absolute Gasteiger partial charge is 0.110 e. The van der Waals surface area contributed by atoms with E-state index in [9.17, 15) is 0 Å². The molecule has 2 nitrogen and oxygen atoms in total. The second kappa shape index (κ2) is 4.24. The standard InChI is InChI=1S/C7H14N2/c1-6(2)8-5-9-7(3)4/h5-6H,1-4H3. The fraction of sp³-hybridized carbons (Fsp3) is 0.714. The van der Waals surface area contributed by atoms with Crippen LogP contribution in [0.4, 0.5) is 0 Å². The van der Waals surface area contributed by atoms with Crippen molar-refractivity contribution in [3.8, 4) is 0 Å². The third-order valence-corrected chi connectivity index (χ3v) is 0.681. The van der Waals surface area contributed by atoms with Crippen LogP contribution in [0.15, 0.2) is 9.98 Å². The minimum absolute atomic E-state index is 0.355. The normalized spacial score (nSPS) is 10.8. The topological polar surface area (TPSA) is 24.7 Å². The van der Waals surface area contributed by atoms with Crippen molar-refractivity contribution < 1.29 is 0 Å². The molecule has 0 amide bonds. The first-order chi connectivity index (χ1) is 4.13. The average molecular weight is 126 g/mol. The molecule has 0 bridgehead atoms. The van der Waals surface area contributed by atoms with Gasteiger partial charge in [-0.05, 0) is 27.7 Å². The molecular formula is C7H14N2. The van der Waals surface area contributed by atoms with E-state index in [2.05, 4.69) is 9.98 Å². The molecule has 0 aromatic rings. The number of hydrogen-bond acceptors (Lipinski definition) is 1. The second-order valence-corrected chi connectivity index (χ2v) is 2.43. The van der Waals surface area contributed by atoms with Crippen LogP contribution in [-0.2, 0) is 0 Å². The van der Waals surface area contributed by atoms with Gasteiger partial charge < -0.3 is 0 Å². The Labute approximate surface area is 56.7 Å². The van der Waals surface area contributed by atoms with Crippen molar-refractivity contribution in [2.45, 2.75) is 33.7 Å². The fourth-order valence-electron chi connectivity index (χ4n) is 0.282. The van der Waals surface area contributed by atoms with Crippen molar-refractivity contribution >= 4 is 12.1 Å². The lowest BCUT2D eigenvalue weighted by molar-refractivity contribution is 0.839. The zero-order chi connectivity index (χ0) is 7.28. The van der Waals surface area contributed by atoms with E-state index in [1.165, 1.54) is 0 Å². The lowest BCUT2D eigenvalue weighted by Gasteiger charge is -1.90. The molecule has 0 spiro atoms. The molecule has 0 aliphatic rings. The van der Waals surface area contributed by atoms with Crippen LogP contribution in [0.1, 0.15) is 27.7 Å². The summed E-state index contributed by atoms with van der Waals surface area (Å²) in [7, 11) is 0. The lowest BCUT2D eigenvalue weighted by Crippen LogP contribution is -1.88. The molecule has 52 valence electrons. The SMILES string of the molecule is CC(C)=NC=NC(C)C. The van der Waals surface area contributed by atoms with Crippen molar-refractivity contribution in [1.29, 1.82) is 0 Å². The molecule has 0 radical (unpaired) electrons. The van der Waals surface area contributed by atoms with E-state index in [4.69, 9.17) is 0 Å². The van der Waals surface area contributed by atoms with Gasteiger partial charge in [-0.1, -0.05) is 0 Å². The van der Waals surface area contributed by atoms with Gasteiger partial charge in [0.05, 0.1) is 0 Å². The first kappa shape index (κ1) is 8.34. The van der Waals surface area contributed by atoms with E-state index in [0.29, 0.717) is 6.04 Å². The Morgan fingerprint density at radius 1 is 1.33 bits per heavy atom. The summed E-state index contributed by atoms with van der Waals surface area (Å²) in [6, 6.07) is 0.355. The fourth-order valence-corrected chi connectivity index (χ4v) is 0.282. The van der Waals surface area contributed by atoms with Crippen LogP contribution < -0.4 is 0 Å². The molecule has 0 fully saturated rings. The first-order valence-corrected chi connectivity index (χ1v) is 3.15. The molecule has 0 unspecified atom stereocenters. The van der Waals surface area contributed by atoms with E-state index >= 15 is 0 Å². The molecule has 0 heterocycles. The third kappa shape index (κ3) is 7.34. The van der Waals surface area contributed by atoms with Gasteiger partial charge in [-0.3, -0.25) is 4.99 Å². The Balaban J connectivity index is 3.60. The summed E-state index contributed by atoms with van der Waals surface area (Å²) in [4.78, 5) is 8.04. The molecule has 0 aliphatic heterocycles. The van der Waals surface area contributed by atoms with Crippen LogP contribution in [0.2, 0.25) is 0 Å². The molecule has 9 heavy (non-hydrogen) atoms.